The smallest absolute Gasteiger partial charge is 0.230 e. The Balaban J connectivity index is 1.66. The van der Waals surface area contributed by atoms with Gasteiger partial charge in [0, 0.05) is 6.04 Å². The summed E-state index contributed by atoms with van der Waals surface area (Å²) in [6.07, 6.45) is 3.51. The summed E-state index contributed by atoms with van der Waals surface area (Å²) in [5.74, 6) is 0.390. The van der Waals surface area contributed by atoms with Crippen molar-refractivity contribution in [1.29, 1.82) is 0 Å². The molecule has 0 fully saturated rings. The summed E-state index contributed by atoms with van der Waals surface area (Å²) in [4.78, 5) is 11.8. The van der Waals surface area contributed by atoms with Crippen molar-refractivity contribution in [3.8, 4) is 0 Å². The van der Waals surface area contributed by atoms with Crippen molar-refractivity contribution in [1.82, 2.24) is 20.7 Å². The molecular formula is C14H18N4OS. The molecule has 0 aliphatic heterocycles. The van der Waals surface area contributed by atoms with E-state index in [4.69, 9.17) is 0 Å². The number of aryl methyl sites for hydroxylation is 1. The molecule has 106 valence electrons. The number of hydrogen-bond donors (Lipinski definition) is 2. The largest absolute Gasteiger partial charge is 0.353 e. The Morgan fingerprint density at radius 3 is 2.90 bits per heavy atom. The van der Waals surface area contributed by atoms with Crippen LogP contribution in [0.2, 0.25) is 0 Å². The van der Waals surface area contributed by atoms with Crippen molar-refractivity contribution in [2.45, 2.75) is 30.8 Å². The fourth-order valence-electron chi connectivity index (χ4n) is 1.82. The van der Waals surface area contributed by atoms with E-state index in [1.165, 1.54) is 17.3 Å². The number of amides is 1. The Bertz CT molecular complexity index is 515. The molecule has 6 heteroatoms. The van der Waals surface area contributed by atoms with Gasteiger partial charge in [-0.2, -0.15) is 10.3 Å². The van der Waals surface area contributed by atoms with Crippen molar-refractivity contribution < 1.29 is 4.79 Å². The highest BCUT2D eigenvalue weighted by atomic mass is 32.2. The van der Waals surface area contributed by atoms with Gasteiger partial charge in [-0.05, 0) is 25.3 Å². The van der Waals surface area contributed by atoms with E-state index >= 15 is 0 Å². The molecule has 1 amide bonds. The molecule has 0 bridgehead atoms. The summed E-state index contributed by atoms with van der Waals surface area (Å²) < 4.78 is 0. The maximum Gasteiger partial charge on any atom is 0.230 e. The zero-order chi connectivity index (χ0) is 14.2. The number of carbonyl (C=O) groups excluding carboxylic acids is 1. The van der Waals surface area contributed by atoms with E-state index in [2.05, 4.69) is 32.9 Å². The van der Waals surface area contributed by atoms with Crippen LogP contribution in [-0.4, -0.2) is 33.1 Å². The first-order chi connectivity index (χ1) is 9.74. The molecule has 2 N–H and O–H groups in total. The van der Waals surface area contributed by atoms with E-state index < -0.39 is 0 Å². The maximum absolute atomic E-state index is 11.8. The van der Waals surface area contributed by atoms with Gasteiger partial charge in [-0.3, -0.25) is 4.79 Å². The molecule has 0 spiro atoms. The third-order valence-corrected chi connectivity index (χ3v) is 3.76. The lowest BCUT2D eigenvalue weighted by atomic mass is 10.1. The van der Waals surface area contributed by atoms with E-state index in [1.54, 1.807) is 6.20 Å². The molecule has 2 aromatic rings. The Morgan fingerprint density at radius 1 is 1.40 bits per heavy atom. The number of aromatic nitrogens is 3. The minimum atomic E-state index is 0.0264. The first-order valence-corrected chi connectivity index (χ1v) is 7.54. The molecule has 0 unspecified atom stereocenters. The zero-order valence-corrected chi connectivity index (χ0v) is 12.2. The van der Waals surface area contributed by atoms with Gasteiger partial charge in [-0.15, -0.1) is 5.10 Å². The zero-order valence-electron chi connectivity index (χ0n) is 11.4. The average Bonchev–Trinajstić information content (AvgIpc) is 2.97. The SMILES string of the molecule is C[C@@H](CCc1ccccc1)NC(=O)CSc1cn[nH]n1. The monoisotopic (exact) mass is 290 g/mol. The fourth-order valence-corrected chi connectivity index (χ4v) is 2.41. The fraction of sp³-hybridized carbons (Fsp3) is 0.357. The number of nitrogens with zero attached hydrogens (tertiary/aromatic N) is 2. The summed E-state index contributed by atoms with van der Waals surface area (Å²) in [7, 11) is 0. The van der Waals surface area contributed by atoms with Crippen LogP contribution in [0.5, 0.6) is 0 Å². The quantitative estimate of drug-likeness (QED) is 0.766. The molecule has 1 aromatic heterocycles. The lowest BCUT2D eigenvalue weighted by molar-refractivity contribution is -0.119. The Hall–Kier alpha value is -1.82. The predicted octanol–water partition coefficient (Wildman–Crippen LogP) is 2.03. The number of aromatic amines is 1. The summed E-state index contributed by atoms with van der Waals surface area (Å²) in [6, 6.07) is 10.5. The minimum Gasteiger partial charge on any atom is -0.353 e. The molecule has 0 radical (unpaired) electrons. The standard InChI is InChI=1S/C14H18N4OS/c1-11(7-8-12-5-3-2-4-6-12)16-13(19)10-20-14-9-15-18-17-14/h2-6,9,11H,7-8,10H2,1H3,(H,16,19)(H,15,17,18)/t11-/m0/s1. The highest BCUT2D eigenvalue weighted by Crippen LogP contribution is 2.12. The predicted molar refractivity (Wildman–Crippen MR) is 79.5 cm³/mol. The van der Waals surface area contributed by atoms with Crippen molar-refractivity contribution in [2.24, 2.45) is 0 Å². The minimum absolute atomic E-state index is 0.0264. The molecule has 5 nitrogen and oxygen atoms in total. The van der Waals surface area contributed by atoms with Crippen molar-refractivity contribution in [3.05, 3.63) is 42.1 Å². The molecule has 1 atom stereocenters. The van der Waals surface area contributed by atoms with Crippen LogP contribution in [0.4, 0.5) is 0 Å². The van der Waals surface area contributed by atoms with Gasteiger partial charge in [0.05, 0.1) is 11.9 Å². The molecular weight excluding hydrogens is 272 g/mol. The van der Waals surface area contributed by atoms with E-state index in [1.807, 2.05) is 25.1 Å². The summed E-state index contributed by atoms with van der Waals surface area (Å²) in [5.41, 5.74) is 1.30. The second-order valence-electron chi connectivity index (χ2n) is 4.59. The van der Waals surface area contributed by atoms with Gasteiger partial charge in [0.15, 0.2) is 0 Å². The van der Waals surface area contributed by atoms with Gasteiger partial charge in [-0.1, -0.05) is 42.1 Å². The number of thioether (sulfide) groups is 1. The third kappa shape index (κ3) is 5.05. The number of hydrogen-bond acceptors (Lipinski definition) is 4. The van der Waals surface area contributed by atoms with Gasteiger partial charge < -0.3 is 5.32 Å². The highest BCUT2D eigenvalue weighted by Gasteiger charge is 2.09. The highest BCUT2D eigenvalue weighted by molar-refractivity contribution is 7.99. The van der Waals surface area contributed by atoms with Gasteiger partial charge >= 0.3 is 0 Å². The van der Waals surface area contributed by atoms with Crippen molar-refractivity contribution in [3.63, 3.8) is 0 Å². The lowest BCUT2D eigenvalue weighted by Crippen LogP contribution is -2.34. The van der Waals surface area contributed by atoms with Gasteiger partial charge in [0.1, 0.15) is 5.03 Å². The summed E-state index contributed by atoms with van der Waals surface area (Å²) in [5, 5.41) is 13.8. The number of nitrogens with one attached hydrogen (secondary N) is 2. The van der Waals surface area contributed by atoms with Crippen molar-refractivity contribution in [2.75, 3.05) is 5.75 Å². The second-order valence-corrected chi connectivity index (χ2v) is 5.59. The van der Waals surface area contributed by atoms with E-state index in [0.717, 1.165) is 17.9 Å². The van der Waals surface area contributed by atoms with E-state index in [9.17, 15) is 4.79 Å². The topological polar surface area (TPSA) is 70.7 Å². The van der Waals surface area contributed by atoms with Crippen LogP contribution in [0, 0.1) is 0 Å². The van der Waals surface area contributed by atoms with Crippen LogP contribution in [0.15, 0.2) is 41.6 Å². The normalized spacial score (nSPS) is 12.1. The van der Waals surface area contributed by atoms with Gasteiger partial charge in [0.2, 0.25) is 5.91 Å². The summed E-state index contributed by atoms with van der Waals surface area (Å²) >= 11 is 1.37. The van der Waals surface area contributed by atoms with Gasteiger partial charge in [-0.25, -0.2) is 0 Å². The van der Waals surface area contributed by atoms with Crippen molar-refractivity contribution >= 4 is 17.7 Å². The van der Waals surface area contributed by atoms with E-state index in [-0.39, 0.29) is 11.9 Å². The number of carbonyl (C=O) groups is 1. The first kappa shape index (κ1) is 14.6. The first-order valence-electron chi connectivity index (χ1n) is 6.56. The number of H-pyrrole nitrogens is 1. The molecule has 1 aromatic carbocycles. The van der Waals surface area contributed by atoms with Crippen LogP contribution in [0.25, 0.3) is 0 Å². The second kappa shape index (κ2) is 7.69. The Kier molecular flexibility index (Phi) is 5.61. The van der Waals surface area contributed by atoms with Crippen LogP contribution in [-0.2, 0) is 11.2 Å². The van der Waals surface area contributed by atoms with Crippen LogP contribution in [0.1, 0.15) is 18.9 Å². The third-order valence-electron chi connectivity index (χ3n) is 2.86. The molecule has 0 saturated heterocycles. The van der Waals surface area contributed by atoms with Crippen LogP contribution >= 0.6 is 11.8 Å². The Labute approximate surface area is 122 Å². The number of benzene rings is 1. The molecule has 0 saturated carbocycles. The number of rotatable bonds is 7. The maximum atomic E-state index is 11.8. The van der Waals surface area contributed by atoms with E-state index in [0.29, 0.717) is 5.75 Å². The molecule has 0 aliphatic rings. The van der Waals surface area contributed by atoms with Gasteiger partial charge in [0.25, 0.3) is 0 Å². The molecule has 0 aliphatic carbocycles. The molecule has 1 heterocycles. The summed E-state index contributed by atoms with van der Waals surface area (Å²) in [6.45, 7) is 2.03. The average molecular weight is 290 g/mol. The lowest BCUT2D eigenvalue weighted by Gasteiger charge is -2.13. The van der Waals surface area contributed by atoms with Crippen LogP contribution in [0.3, 0.4) is 0 Å². The molecule has 20 heavy (non-hydrogen) atoms. The molecule has 2 rings (SSSR count). The van der Waals surface area contributed by atoms with Crippen LogP contribution < -0.4 is 5.32 Å². The Morgan fingerprint density at radius 2 is 2.20 bits per heavy atom.